The van der Waals surface area contributed by atoms with Gasteiger partial charge in [0.1, 0.15) is 0 Å². The highest BCUT2D eigenvalue weighted by Gasteiger charge is 2.18. The molecular formula is C10H16O2. The van der Waals surface area contributed by atoms with Gasteiger partial charge in [-0.2, -0.15) is 0 Å². The van der Waals surface area contributed by atoms with E-state index in [2.05, 4.69) is 0 Å². The summed E-state index contributed by atoms with van der Waals surface area (Å²) >= 11 is 0. The SMILES string of the molecule is CCC(C)C(=O)C1=CCCCO1. The molecule has 2 nitrogen and oxygen atoms in total. The van der Waals surface area contributed by atoms with E-state index in [-0.39, 0.29) is 11.7 Å². The third kappa shape index (κ3) is 2.10. The lowest BCUT2D eigenvalue weighted by atomic mass is 10.0. The van der Waals surface area contributed by atoms with Crippen molar-refractivity contribution in [1.82, 2.24) is 0 Å². The zero-order valence-electron chi connectivity index (χ0n) is 7.80. The van der Waals surface area contributed by atoms with Gasteiger partial charge in [0.2, 0.25) is 0 Å². The highest BCUT2D eigenvalue weighted by Crippen LogP contribution is 2.16. The van der Waals surface area contributed by atoms with Crippen LogP contribution in [-0.4, -0.2) is 12.4 Å². The summed E-state index contributed by atoms with van der Waals surface area (Å²) in [6.07, 6.45) is 4.83. The van der Waals surface area contributed by atoms with Gasteiger partial charge in [-0.05, 0) is 25.3 Å². The molecule has 0 aliphatic carbocycles. The lowest BCUT2D eigenvalue weighted by molar-refractivity contribution is -0.122. The summed E-state index contributed by atoms with van der Waals surface area (Å²) < 4.78 is 5.27. The second-order valence-electron chi connectivity index (χ2n) is 3.23. The zero-order valence-corrected chi connectivity index (χ0v) is 7.80. The van der Waals surface area contributed by atoms with Gasteiger partial charge in [0.15, 0.2) is 11.5 Å². The molecule has 0 aromatic carbocycles. The smallest absolute Gasteiger partial charge is 0.199 e. The van der Waals surface area contributed by atoms with E-state index in [4.69, 9.17) is 4.74 Å². The summed E-state index contributed by atoms with van der Waals surface area (Å²) in [5.41, 5.74) is 0. The van der Waals surface area contributed by atoms with Gasteiger partial charge in [0.25, 0.3) is 0 Å². The number of hydrogen-bond acceptors (Lipinski definition) is 2. The number of carbonyl (C=O) groups is 1. The Hall–Kier alpha value is -0.790. The second kappa shape index (κ2) is 4.29. The van der Waals surface area contributed by atoms with E-state index in [0.717, 1.165) is 19.3 Å². The fraction of sp³-hybridized carbons (Fsp3) is 0.700. The van der Waals surface area contributed by atoms with Gasteiger partial charge in [-0.3, -0.25) is 4.79 Å². The minimum atomic E-state index is 0.106. The second-order valence-corrected chi connectivity index (χ2v) is 3.23. The molecule has 0 N–H and O–H groups in total. The van der Waals surface area contributed by atoms with Gasteiger partial charge in [-0.15, -0.1) is 0 Å². The molecule has 0 aromatic rings. The Kier molecular flexibility index (Phi) is 3.32. The lowest BCUT2D eigenvalue weighted by Gasteiger charge is -2.16. The predicted octanol–water partition coefficient (Wildman–Crippen LogP) is 2.30. The van der Waals surface area contributed by atoms with E-state index in [9.17, 15) is 4.79 Å². The number of rotatable bonds is 3. The van der Waals surface area contributed by atoms with Gasteiger partial charge in [0.05, 0.1) is 6.61 Å². The van der Waals surface area contributed by atoms with Crippen LogP contribution in [0.3, 0.4) is 0 Å². The molecular weight excluding hydrogens is 152 g/mol. The average molecular weight is 168 g/mol. The maximum atomic E-state index is 11.5. The molecule has 1 aliphatic rings. The summed E-state index contributed by atoms with van der Waals surface area (Å²) in [6, 6.07) is 0. The average Bonchev–Trinajstić information content (AvgIpc) is 2.17. The van der Waals surface area contributed by atoms with Crippen molar-refractivity contribution in [2.24, 2.45) is 5.92 Å². The molecule has 2 heteroatoms. The fourth-order valence-corrected chi connectivity index (χ4v) is 1.16. The Morgan fingerprint density at radius 3 is 3.00 bits per heavy atom. The van der Waals surface area contributed by atoms with Crippen molar-refractivity contribution < 1.29 is 9.53 Å². The van der Waals surface area contributed by atoms with Crippen LogP contribution in [0.2, 0.25) is 0 Å². The summed E-state index contributed by atoms with van der Waals surface area (Å²) in [4.78, 5) is 11.5. The minimum absolute atomic E-state index is 0.106. The van der Waals surface area contributed by atoms with Crippen molar-refractivity contribution in [1.29, 1.82) is 0 Å². The first-order valence-corrected chi connectivity index (χ1v) is 4.63. The van der Waals surface area contributed by atoms with Crippen LogP contribution in [0.25, 0.3) is 0 Å². The first-order chi connectivity index (χ1) is 5.75. The molecule has 1 aliphatic heterocycles. The third-order valence-corrected chi connectivity index (χ3v) is 2.24. The molecule has 68 valence electrons. The van der Waals surface area contributed by atoms with Gasteiger partial charge >= 0.3 is 0 Å². The number of allylic oxidation sites excluding steroid dienone is 2. The molecule has 0 aromatic heterocycles. The van der Waals surface area contributed by atoms with Crippen molar-refractivity contribution in [2.75, 3.05) is 6.61 Å². The Morgan fingerprint density at radius 1 is 1.75 bits per heavy atom. The molecule has 1 atom stereocenters. The molecule has 0 saturated carbocycles. The number of ether oxygens (including phenoxy) is 1. The highest BCUT2D eigenvalue weighted by molar-refractivity contribution is 5.95. The highest BCUT2D eigenvalue weighted by atomic mass is 16.5. The van der Waals surface area contributed by atoms with Crippen molar-refractivity contribution in [2.45, 2.75) is 33.1 Å². The summed E-state index contributed by atoms with van der Waals surface area (Å²) in [6.45, 7) is 4.67. The van der Waals surface area contributed by atoms with Crippen molar-refractivity contribution in [3.63, 3.8) is 0 Å². The van der Waals surface area contributed by atoms with E-state index < -0.39 is 0 Å². The Labute approximate surface area is 73.6 Å². The maximum absolute atomic E-state index is 11.5. The van der Waals surface area contributed by atoms with Crippen LogP contribution >= 0.6 is 0 Å². The first-order valence-electron chi connectivity index (χ1n) is 4.63. The third-order valence-electron chi connectivity index (χ3n) is 2.24. The van der Waals surface area contributed by atoms with E-state index in [0.29, 0.717) is 12.4 Å². The Balaban J connectivity index is 2.56. The molecule has 0 radical (unpaired) electrons. The monoisotopic (exact) mass is 168 g/mol. The summed E-state index contributed by atoms with van der Waals surface area (Å²) in [5.74, 6) is 0.863. The summed E-state index contributed by atoms with van der Waals surface area (Å²) in [5, 5.41) is 0. The fourth-order valence-electron chi connectivity index (χ4n) is 1.16. The van der Waals surface area contributed by atoms with Crippen LogP contribution < -0.4 is 0 Å². The van der Waals surface area contributed by atoms with E-state index in [1.54, 1.807) is 0 Å². The number of carbonyl (C=O) groups excluding carboxylic acids is 1. The van der Waals surface area contributed by atoms with Crippen LogP contribution in [-0.2, 0) is 9.53 Å². The predicted molar refractivity (Wildman–Crippen MR) is 47.7 cm³/mol. The van der Waals surface area contributed by atoms with E-state index in [1.807, 2.05) is 19.9 Å². The molecule has 0 saturated heterocycles. The molecule has 0 amide bonds. The number of ketones is 1. The van der Waals surface area contributed by atoms with Crippen LogP contribution in [0.15, 0.2) is 11.8 Å². The quantitative estimate of drug-likeness (QED) is 0.646. The van der Waals surface area contributed by atoms with Gasteiger partial charge in [-0.1, -0.05) is 13.8 Å². The van der Waals surface area contributed by atoms with Crippen molar-refractivity contribution >= 4 is 5.78 Å². The molecule has 1 rings (SSSR count). The maximum Gasteiger partial charge on any atom is 0.199 e. The first kappa shape index (κ1) is 9.30. The molecule has 0 fully saturated rings. The summed E-state index contributed by atoms with van der Waals surface area (Å²) in [7, 11) is 0. The normalized spacial score (nSPS) is 19.3. The topological polar surface area (TPSA) is 26.3 Å². The van der Waals surface area contributed by atoms with Gasteiger partial charge < -0.3 is 4.74 Å². The Bertz CT molecular complexity index is 194. The van der Waals surface area contributed by atoms with Crippen LogP contribution in [0, 0.1) is 5.92 Å². The molecule has 0 bridgehead atoms. The van der Waals surface area contributed by atoms with Crippen LogP contribution in [0.4, 0.5) is 0 Å². The minimum Gasteiger partial charge on any atom is -0.490 e. The van der Waals surface area contributed by atoms with Crippen LogP contribution in [0.1, 0.15) is 33.1 Å². The van der Waals surface area contributed by atoms with E-state index in [1.165, 1.54) is 0 Å². The van der Waals surface area contributed by atoms with Crippen molar-refractivity contribution in [3.8, 4) is 0 Å². The number of Topliss-reactive ketones (excluding diaryl/α,β-unsaturated/α-hetero) is 1. The zero-order chi connectivity index (χ0) is 8.97. The molecule has 1 unspecified atom stereocenters. The lowest BCUT2D eigenvalue weighted by Crippen LogP contribution is -2.17. The van der Waals surface area contributed by atoms with Crippen molar-refractivity contribution in [3.05, 3.63) is 11.8 Å². The standard InChI is InChI=1S/C10H16O2/c1-3-8(2)10(11)9-6-4-5-7-12-9/h6,8H,3-5,7H2,1-2H3. The largest absolute Gasteiger partial charge is 0.490 e. The molecule has 1 heterocycles. The van der Waals surface area contributed by atoms with E-state index >= 15 is 0 Å². The van der Waals surface area contributed by atoms with Gasteiger partial charge in [0, 0.05) is 5.92 Å². The van der Waals surface area contributed by atoms with Gasteiger partial charge in [-0.25, -0.2) is 0 Å². The van der Waals surface area contributed by atoms with Crippen LogP contribution in [0.5, 0.6) is 0 Å². The number of hydrogen-bond donors (Lipinski definition) is 0. The Morgan fingerprint density at radius 2 is 2.50 bits per heavy atom. The molecule has 0 spiro atoms. The molecule has 12 heavy (non-hydrogen) atoms.